The summed E-state index contributed by atoms with van der Waals surface area (Å²) in [6, 6.07) is 5.11. The van der Waals surface area contributed by atoms with E-state index in [1.54, 1.807) is 25.1 Å². The third-order valence-corrected chi connectivity index (χ3v) is 3.06. The molecule has 0 aliphatic heterocycles. The number of carbonyl (C=O) groups excluding carboxylic acids is 1. The van der Waals surface area contributed by atoms with Gasteiger partial charge in [-0.05, 0) is 37.3 Å². The Balaban J connectivity index is 1.64. The van der Waals surface area contributed by atoms with Crippen molar-refractivity contribution >= 4 is 29.2 Å². The molecule has 2 N–H and O–H groups in total. The minimum absolute atomic E-state index is 0.199. The van der Waals surface area contributed by atoms with Crippen LogP contribution in [0.3, 0.4) is 0 Å². The number of fused-ring (bicyclic) bond motifs is 1. The van der Waals surface area contributed by atoms with Gasteiger partial charge in [-0.25, -0.2) is 0 Å². The average Bonchev–Trinajstić information content (AvgIpc) is 3.02. The first-order valence-electron chi connectivity index (χ1n) is 6.32. The molecule has 0 radical (unpaired) electrons. The van der Waals surface area contributed by atoms with Crippen LogP contribution >= 0.6 is 12.2 Å². The van der Waals surface area contributed by atoms with Crippen molar-refractivity contribution in [2.75, 3.05) is 6.54 Å². The number of aromatic nitrogens is 3. The SMILES string of the molecule is Cc1noc(CCNC(=O)c2ccc3[nH]c(=S)oc3c2)n1. The molecule has 7 nitrogen and oxygen atoms in total. The number of amides is 1. The van der Waals surface area contributed by atoms with Crippen LogP contribution in [0.15, 0.2) is 27.1 Å². The molecule has 0 fully saturated rings. The van der Waals surface area contributed by atoms with Gasteiger partial charge >= 0.3 is 0 Å². The van der Waals surface area contributed by atoms with Gasteiger partial charge in [0, 0.05) is 18.5 Å². The van der Waals surface area contributed by atoms with Gasteiger partial charge in [0.05, 0.1) is 5.52 Å². The summed E-state index contributed by atoms with van der Waals surface area (Å²) in [4.78, 5) is 19.3. The zero-order valence-electron chi connectivity index (χ0n) is 11.2. The van der Waals surface area contributed by atoms with Crippen molar-refractivity contribution in [1.82, 2.24) is 20.4 Å². The van der Waals surface area contributed by atoms with Gasteiger partial charge in [0.1, 0.15) is 0 Å². The Labute approximate surface area is 124 Å². The van der Waals surface area contributed by atoms with Crippen LogP contribution in [0.25, 0.3) is 11.1 Å². The van der Waals surface area contributed by atoms with Crippen molar-refractivity contribution in [3.05, 3.63) is 40.3 Å². The van der Waals surface area contributed by atoms with Crippen molar-refractivity contribution in [2.24, 2.45) is 0 Å². The lowest BCUT2D eigenvalue weighted by molar-refractivity contribution is 0.0953. The molecule has 0 unspecified atom stereocenters. The molecule has 8 heteroatoms. The molecule has 0 aliphatic carbocycles. The summed E-state index contributed by atoms with van der Waals surface area (Å²) in [6.45, 7) is 2.16. The van der Waals surface area contributed by atoms with Gasteiger partial charge in [0.2, 0.25) is 5.89 Å². The number of H-pyrrole nitrogens is 1. The highest BCUT2D eigenvalue weighted by Crippen LogP contribution is 2.15. The van der Waals surface area contributed by atoms with Crippen molar-refractivity contribution in [1.29, 1.82) is 0 Å². The van der Waals surface area contributed by atoms with Crippen LogP contribution in [0, 0.1) is 11.8 Å². The Kier molecular flexibility index (Phi) is 3.53. The summed E-state index contributed by atoms with van der Waals surface area (Å²) in [5, 5.41) is 6.47. The number of benzene rings is 1. The summed E-state index contributed by atoms with van der Waals surface area (Å²) in [6.07, 6.45) is 0.486. The van der Waals surface area contributed by atoms with E-state index in [0.29, 0.717) is 35.8 Å². The standard InChI is InChI=1S/C13H12N4O3S/c1-7-15-11(20-17-7)4-5-14-12(18)8-2-3-9-10(6-8)19-13(21)16-9/h2-3,6H,4-5H2,1H3,(H,14,18)(H,16,21). The number of nitrogens with zero attached hydrogens (tertiary/aromatic N) is 2. The van der Waals surface area contributed by atoms with Gasteiger partial charge in [0.25, 0.3) is 10.7 Å². The maximum absolute atomic E-state index is 12.0. The third kappa shape index (κ3) is 3.00. The second-order valence-electron chi connectivity index (χ2n) is 4.47. The molecule has 0 aliphatic rings. The Morgan fingerprint density at radius 2 is 2.33 bits per heavy atom. The highest BCUT2D eigenvalue weighted by atomic mass is 32.1. The molecule has 2 heterocycles. The zero-order valence-corrected chi connectivity index (χ0v) is 12.0. The molecule has 0 saturated heterocycles. The van der Waals surface area contributed by atoms with E-state index in [9.17, 15) is 4.79 Å². The summed E-state index contributed by atoms with van der Waals surface area (Å²) in [7, 11) is 0. The number of rotatable bonds is 4. The Bertz CT molecular complexity index is 848. The van der Waals surface area contributed by atoms with Gasteiger partial charge < -0.3 is 19.2 Å². The van der Waals surface area contributed by atoms with Gasteiger partial charge in [-0.2, -0.15) is 4.98 Å². The quantitative estimate of drug-likeness (QED) is 0.717. The molecule has 0 atom stereocenters. The first kappa shape index (κ1) is 13.5. The number of nitrogens with one attached hydrogen (secondary N) is 2. The van der Waals surface area contributed by atoms with E-state index in [0.717, 1.165) is 5.52 Å². The largest absolute Gasteiger partial charge is 0.429 e. The van der Waals surface area contributed by atoms with E-state index in [1.165, 1.54) is 0 Å². The van der Waals surface area contributed by atoms with Crippen LogP contribution in [0.4, 0.5) is 0 Å². The molecule has 1 amide bonds. The molecule has 3 rings (SSSR count). The molecule has 1 aromatic carbocycles. The normalized spacial score (nSPS) is 10.9. The number of carbonyl (C=O) groups is 1. The van der Waals surface area contributed by atoms with E-state index in [1.807, 2.05) is 0 Å². The Hall–Kier alpha value is -2.48. The number of hydrogen-bond acceptors (Lipinski definition) is 6. The zero-order chi connectivity index (χ0) is 14.8. The molecule has 0 spiro atoms. The number of oxazole rings is 1. The lowest BCUT2D eigenvalue weighted by atomic mass is 10.2. The van der Waals surface area contributed by atoms with E-state index < -0.39 is 0 Å². The fourth-order valence-corrected chi connectivity index (χ4v) is 2.11. The highest BCUT2D eigenvalue weighted by molar-refractivity contribution is 7.71. The predicted molar refractivity (Wildman–Crippen MR) is 76.5 cm³/mol. The molecule has 0 saturated carbocycles. The van der Waals surface area contributed by atoms with E-state index >= 15 is 0 Å². The molecule has 21 heavy (non-hydrogen) atoms. The highest BCUT2D eigenvalue weighted by Gasteiger charge is 2.09. The predicted octanol–water partition coefficient (Wildman–Crippen LogP) is 2.15. The van der Waals surface area contributed by atoms with Crippen LogP contribution in [0.1, 0.15) is 22.1 Å². The van der Waals surface area contributed by atoms with E-state index in [4.69, 9.17) is 21.2 Å². The topological polar surface area (TPSA) is 97.0 Å². The maximum atomic E-state index is 12.0. The minimum Gasteiger partial charge on any atom is -0.429 e. The van der Waals surface area contributed by atoms with Crippen LogP contribution in [0.5, 0.6) is 0 Å². The molecule has 2 aromatic heterocycles. The molecule has 0 bridgehead atoms. The number of aromatic amines is 1. The van der Waals surface area contributed by atoms with Crippen LogP contribution in [-0.4, -0.2) is 27.6 Å². The monoisotopic (exact) mass is 304 g/mol. The summed E-state index contributed by atoms with van der Waals surface area (Å²) in [5.41, 5.74) is 1.82. The lowest BCUT2D eigenvalue weighted by Gasteiger charge is -2.03. The van der Waals surface area contributed by atoms with Gasteiger partial charge in [-0.1, -0.05) is 5.16 Å². The Morgan fingerprint density at radius 1 is 1.48 bits per heavy atom. The summed E-state index contributed by atoms with van der Waals surface area (Å²) >= 11 is 4.90. The fraction of sp³-hybridized carbons (Fsp3) is 0.231. The second kappa shape index (κ2) is 5.49. The lowest BCUT2D eigenvalue weighted by Crippen LogP contribution is -2.25. The summed E-state index contributed by atoms with van der Waals surface area (Å²) < 4.78 is 10.3. The number of aryl methyl sites for hydroxylation is 1. The van der Waals surface area contributed by atoms with Crippen molar-refractivity contribution in [3.63, 3.8) is 0 Å². The third-order valence-electron chi connectivity index (χ3n) is 2.88. The van der Waals surface area contributed by atoms with Crippen LogP contribution in [0.2, 0.25) is 0 Å². The van der Waals surface area contributed by atoms with Gasteiger partial charge in [-0.15, -0.1) is 0 Å². The Morgan fingerprint density at radius 3 is 3.10 bits per heavy atom. The van der Waals surface area contributed by atoms with Gasteiger partial charge in [0.15, 0.2) is 11.4 Å². The molecule has 3 aromatic rings. The van der Waals surface area contributed by atoms with Crippen LogP contribution in [-0.2, 0) is 6.42 Å². The van der Waals surface area contributed by atoms with Gasteiger partial charge in [-0.3, -0.25) is 4.79 Å². The maximum Gasteiger partial charge on any atom is 0.266 e. The molecular weight excluding hydrogens is 292 g/mol. The van der Waals surface area contributed by atoms with E-state index in [2.05, 4.69) is 20.4 Å². The average molecular weight is 304 g/mol. The number of hydrogen-bond donors (Lipinski definition) is 2. The summed E-state index contributed by atoms with van der Waals surface area (Å²) in [5.74, 6) is 0.880. The fourth-order valence-electron chi connectivity index (χ4n) is 1.91. The van der Waals surface area contributed by atoms with Crippen molar-refractivity contribution in [2.45, 2.75) is 13.3 Å². The van der Waals surface area contributed by atoms with Crippen molar-refractivity contribution < 1.29 is 13.7 Å². The first-order chi connectivity index (χ1) is 10.1. The molecule has 108 valence electrons. The van der Waals surface area contributed by atoms with Crippen LogP contribution < -0.4 is 5.32 Å². The first-order valence-corrected chi connectivity index (χ1v) is 6.73. The minimum atomic E-state index is -0.199. The van der Waals surface area contributed by atoms with Crippen molar-refractivity contribution in [3.8, 4) is 0 Å². The molecular formula is C13H12N4O3S. The second-order valence-corrected chi connectivity index (χ2v) is 4.84. The smallest absolute Gasteiger partial charge is 0.266 e. The van der Waals surface area contributed by atoms with E-state index in [-0.39, 0.29) is 10.7 Å².